The van der Waals surface area contributed by atoms with Gasteiger partial charge in [-0.25, -0.2) is 13.1 Å². The summed E-state index contributed by atoms with van der Waals surface area (Å²) in [5, 5.41) is 2.99. The smallest absolute Gasteiger partial charge is 0.252 e. The molecule has 1 atom stereocenters. The van der Waals surface area contributed by atoms with E-state index in [4.69, 9.17) is 4.74 Å². The van der Waals surface area contributed by atoms with Crippen LogP contribution in [0.2, 0.25) is 0 Å². The van der Waals surface area contributed by atoms with Crippen LogP contribution in [-0.4, -0.2) is 28.0 Å². The summed E-state index contributed by atoms with van der Waals surface area (Å²) in [5.41, 5.74) is 1.99. The molecule has 2 aromatic carbocycles. The van der Waals surface area contributed by atoms with Crippen molar-refractivity contribution in [3.8, 4) is 5.75 Å². The lowest BCUT2D eigenvalue weighted by molar-refractivity contribution is 0.0924. The van der Waals surface area contributed by atoms with Gasteiger partial charge in [0.15, 0.2) is 0 Å². The topological polar surface area (TPSA) is 84.5 Å². The van der Waals surface area contributed by atoms with Gasteiger partial charge in [0.25, 0.3) is 5.91 Å². The Kier molecular flexibility index (Phi) is 4.78. The minimum atomic E-state index is -3.60. The van der Waals surface area contributed by atoms with E-state index in [1.54, 1.807) is 13.0 Å². The molecule has 2 aromatic rings. The van der Waals surface area contributed by atoms with Crippen molar-refractivity contribution in [3.05, 3.63) is 59.2 Å². The fourth-order valence-corrected chi connectivity index (χ4v) is 3.61. The average Bonchev–Trinajstić information content (AvgIpc) is 2.62. The van der Waals surface area contributed by atoms with Gasteiger partial charge in [-0.3, -0.25) is 4.79 Å². The normalized spacial score (nSPS) is 16.6. The van der Waals surface area contributed by atoms with Gasteiger partial charge in [0.1, 0.15) is 5.75 Å². The predicted octanol–water partition coefficient (Wildman–Crippen LogP) is 2.16. The van der Waals surface area contributed by atoms with Crippen LogP contribution in [0.1, 0.15) is 33.9 Å². The summed E-state index contributed by atoms with van der Waals surface area (Å²) >= 11 is 0. The van der Waals surface area contributed by atoms with Gasteiger partial charge in [-0.2, -0.15) is 0 Å². The molecule has 132 valence electrons. The van der Waals surface area contributed by atoms with Crippen LogP contribution >= 0.6 is 0 Å². The molecule has 0 radical (unpaired) electrons. The number of amides is 1. The van der Waals surface area contributed by atoms with Crippen molar-refractivity contribution in [1.82, 2.24) is 10.0 Å². The van der Waals surface area contributed by atoms with E-state index in [0.717, 1.165) is 11.3 Å². The molecular formula is C18H20N2O4S. The van der Waals surface area contributed by atoms with Crippen molar-refractivity contribution in [2.24, 2.45) is 0 Å². The number of para-hydroxylation sites is 1. The Hall–Kier alpha value is -2.38. The number of ether oxygens (including phenoxy) is 1. The molecule has 1 amide bonds. The molecule has 25 heavy (non-hydrogen) atoms. The summed E-state index contributed by atoms with van der Waals surface area (Å²) in [6, 6.07) is 12.0. The molecule has 0 saturated heterocycles. The molecule has 1 aliphatic rings. The summed E-state index contributed by atoms with van der Waals surface area (Å²) in [4.78, 5) is 12.8. The van der Waals surface area contributed by atoms with Gasteiger partial charge in [0.05, 0.1) is 17.5 Å². The highest BCUT2D eigenvalue weighted by Gasteiger charge is 2.24. The van der Waals surface area contributed by atoms with E-state index in [1.165, 1.54) is 19.2 Å². The molecule has 2 N–H and O–H groups in total. The minimum Gasteiger partial charge on any atom is -0.493 e. The van der Waals surface area contributed by atoms with Crippen LogP contribution in [0.15, 0.2) is 47.4 Å². The molecule has 6 nitrogen and oxygen atoms in total. The third kappa shape index (κ3) is 3.52. The number of nitrogens with one attached hydrogen (secondary N) is 2. The lowest BCUT2D eigenvalue weighted by Gasteiger charge is -2.27. The standard InChI is InChI=1S/C18H20N2O4S/c1-12-7-8-13(25(22,23)19-2)11-15(12)18(21)20-16-9-10-24-17-6-4-3-5-14(16)17/h3-8,11,16,19H,9-10H2,1-2H3,(H,20,21)/t16-/m0/s1. The van der Waals surface area contributed by atoms with Crippen LogP contribution in [0.4, 0.5) is 0 Å². The summed E-state index contributed by atoms with van der Waals surface area (Å²) in [6.45, 7) is 2.30. The molecule has 1 heterocycles. The average molecular weight is 360 g/mol. The second-order valence-corrected chi connectivity index (χ2v) is 7.77. The number of fused-ring (bicyclic) bond motifs is 1. The molecule has 7 heteroatoms. The Bertz CT molecular complexity index is 909. The monoisotopic (exact) mass is 360 g/mol. The van der Waals surface area contributed by atoms with E-state index in [2.05, 4.69) is 10.0 Å². The maximum atomic E-state index is 12.7. The van der Waals surface area contributed by atoms with Crippen molar-refractivity contribution in [2.45, 2.75) is 24.3 Å². The van der Waals surface area contributed by atoms with Crippen molar-refractivity contribution in [1.29, 1.82) is 0 Å². The molecule has 0 unspecified atom stereocenters. The first-order chi connectivity index (χ1) is 11.9. The van der Waals surface area contributed by atoms with Crippen LogP contribution in [0.3, 0.4) is 0 Å². The largest absolute Gasteiger partial charge is 0.493 e. The van der Waals surface area contributed by atoms with Crippen molar-refractivity contribution < 1.29 is 17.9 Å². The van der Waals surface area contributed by atoms with Gasteiger partial charge in [0.2, 0.25) is 10.0 Å². The van der Waals surface area contributed by atoms with E-state index in [9.17, 15) is 13.2 Å². The Morgan fingerprint density at radius 1 is 1.20 bits per heavy atom. The van der Waals surface area contributed by atoms with Crippen LogP contribution in [0, 0.1) is 6.92 Å². The van der Waals surface area contributed by atoms with E-state index in [1.807, 2.05) is 24.3 Å². The number of hydrogen-bond acceptors (Lipinski definition) is 4. The molecule has 0 saturated carbocycles. The summed E-state index contributed by atoms with van der Waals surface area (Å²) in [6.07, 6.45) is 0.663. The number of carbonyl (C=O) groups is 1. The lowest BCUT2D eigenvalue weighted by atomic mass is 9.99. The zero-order valence-electron chi connectivity index (χ0n) is 14.1. The Balaban J connectivity index is 1.89. The van der Waals surface area contributed by atoms with Gasteiger partial charge in [-0.05, 0) is 37.7 Å². The van der Waals surface area contributed by atoms with Crippen LogP contribution < -0.4 is 14.8 Å². The van der Waals surface area contributed by atoms with Gasteiger partial charge < -0.3 is 10.1 Å². The highest BCUT2D eigenvalue weighted by Crippen LogP contribution is 2.31. The Morgan fingerprint density at radius 2 is 1.96 bits per heavy atom. The lowest BCUT2D eigenvalue weighted by Crippen LogP contribution is -2.32. The first kappa shape index (κ1) is 17.4. The van der Waals surface area contributed by atoms with Gasteiger partial charge in [-0.1, -0.05) is 24.3 Å². The quantitative estimate of drug-likeness (QED) is 0.875. The molecule has 0 fully saturated rings. The third-order valence-corrected chi connectivity index (χ3v) is 5.71. The number of sulfonamides is 1. The Labute approximate surface area is 147 Å². The fraction of sp³-hybridized carbons (Fsp3) is 0.278. The van der Waals surface area contributed by atoms with Crippen LogP contribution in [0.5, 0.6) is 5.75 Å². The van der Waals surface area contributed by atoms with E-state index >= 15 is 0 Å². The number of aryl methyl sites for hydroxylation is 1. The van der Waals surface area contributed by atoms with Crippen LogP contribution in [0.25, 0.3) is 0 Å². The van der Waals surface area contributed by atoms with Gasteiger partial charge >= 0.3 is 0 Å². The maximum absolute atomic E-state index is 12.7. The third-order valence-electron chi connectivity index (χ3n) is 4.30. The Morgan fingerprint density at radius 3 is 2.72 bits per heavy atom. The summed E-state index contributed by atoms with van der Waals surface area (Å²) < 4.78 is 31.8. The minimum absolute atomic E-state index is 0.0677. The second kappa shape index (κ2) is 6.85. The first-order valence-corrected chi connectivity index (χ1v) is 9.47. The molecular weight excluding hydrogens is 340 g/mol. The van der Waals surface area contributed by atoms with E-state index in [0.29, 0.717) is 24.2 Å². The molecule has 0 bridgehead atoms. The van der Waals surface area contributed by atoms with E-state index < -0.39 is 10.0 Å². The van der Waals surface area contributed by atoms with Crippen LogP contribution in [-0.2, 0) is 10.0 Å². The van der Waals surface area contributed by atoms with Crippen molar-refractivity contribution >= 4 is 15.9 Å². The highest BCUT2D eigenvalue weighted by molar-refractivity contribution is 7.89. The summed E-state index contributed by atoms with van der Waals surface area (Å²) in [5.74, 6) is 0.467. The summed E-state index contributed by atoms with van der Waals surface area (Å²) in [7, 11) is -2.26. The molecule has 0 aliphatic carbocycles. The molecule has 0 aromatic heterocycles. The second-order valence-electron chi connectivity index (χ2n) is 5.89. The molecule has 0 spiro atoms. The highest BCUT2D eigenvalue weighted by atomic mass is 32.2. The predicted molar refractivity (Wildman–Crippen MR) is 94.2 cm³/mol. The number of benzene rings is 2. The molecule has 3 rings (SSSR count). The van der Waals surface area contributed by atoms with Gasteiger partial charge in [-0.15, -0.1) is 0 Å². The molecule has 1 aliphatic heterocycles. The zero-order valence-corrected chi connectivity index (χ0v) is 14.9. The van der Waals surface area contributed by atoms with Crippen molar-refractivity contribution in [2.75, 3.05) is 13.7 Å². The van der Waals surface area contributed by atoms with Gasteiger partial charge in [0, 0.05) is 17.5 Å². The number of hydrogen-bond donors (Lipinski definition) is 2. The number of carbonyl (C=O) groups excluding carboxylic acids is 1. The fourth-order valence-electron chi connectivity index (χ4n) is 2.86. The van der Waals surface area contributed by atoms with E-state index in [-0.39, 0.29) is 16.8 Å². The SMILES string of the molecule is CNS(=O)(=O)c1ccc(C)c(C(=O)N[C@H]2CCOc3ccccc32)c1. The zero-order chi connectivity index (χ0) is 18.0. The number of rotatable bonds is 4. The maximum Gasteiger partial charge on any atom is 0.252 e. The van der Waals surface area contributed by atoms with Crippen molar-refractivity contribution in [3.63, 3.8) is 0 Å². The first-order valence-electron chi connectivity index (χ1n) is 7.99.